The summed E-state index contributed by atoms with van der Waals surface area (Å²) in [6.45, 7) is 1.09. The number of hydrogen-bond acceptors (Lipinski definition) is 12. The number of benzene rings is 4. The largest absolute Gasteiger partial charge is 0.493 e. The van der Waals surface area contributed by atoms with Gasteiger partial charge in [0.15, 0.2) is 40.3 Å². The van der Waals surface area contributed by atoms with Gasteiger partial charge in [-0.1, -0.05) is 48.5 Å². The van der Waals surface area contributed by atoms with Crippen LogP contribution < -0.4 is 48.5 Å². The lowest BCUT2D eigenvalue weighted by Gasteiger charge is -2.28. The molecule has 0 spiro atoms. The molecule has 0 bridgehead atoms. The van der Waals surface area contributed by atoms with Crippen molar-refractivity contribution in [2.75, 3.05) is 61.2 Å². The number of nitrogens with one attached hydrogen (secondary N) is 2. The molecule has 4 aromatic carbocycles. The van der Waals surface area contributed by atoms with E-state index in [4.69, 9.17) is 54.0 Å². The maximum absolute atomic E-state index is 12.7. The summed E-state index contributed by atoms with van der Waals surface area (Å²) in [5.41, 5.74) is 4.12. The van der Waals surface area contributed by atoms with E-state index in [1.54, 1.807) is 73.0 Å². The predicted octanol–water partition coefficient (Wildman–Crippen LogP) is 9.37. The van der Waals surface area contributed by atoms with Crippen molar-refractivity contribution in [3.05, 3.63) is 82.9 Å². The summed E-state index contributed by atoms with van der Waals surface area (Å²) in [4.78, 5) is 12.7. The number of unbranched alkanes of at least 4 members (excludes halogenated alkanes) is 5. The first kappa shape index (κ1) is 40.7. The highest BCUT2D eigenvalue weighted by atomic mass is 35.5. The number of methoxy groups -OCH3 is 6. The Bertz CT molecular complexity index is 2110. The number of halogens is 1. The van der Waals surface area contributed by atoms with Gasteiger partial charge >= 0.3 is 0 Å². The quantitative estimate of drug-likeness (QED) is 0.0725. The fraction of sp³-hybridized carbons (Fsp3) is 0.349. The molecule has 2 N–H and O–H groups in total. The zero-order valence-corrected chi connectivity index (χ0v) is 33.7. The summed E-state index contributed by atoms with van der Waals surface area (Å²) in [6.07, 6.45) is 5.59. The lowest BCUT2D eigenvalue weighted by Crippen LogP contribution is -2.38. The second kappa shape index (κ2) is 19.3. The van der Waals surface area contributed by atoms with Gasteiger partial charge in [-0.2, -0.15) is 0 Å². The van der Waals surface area contributed by atoms with E-state index < -0.39 is 6.17 Å². The third kappa shape index (κ3) is 9.54. The second-order valence-electron chi connectivity index (χ2n) is 13.2. The van der Waals surface area contributed by atoms with Crippen LogP contribution >= 0.6 is 11.6 Å². The zero-order chi connectivity index (χ0) is 40.3. The molecule has 57 heavy (non-hydrogen) atoms. The number of nitrogens with zero attached hydrogens (tertiary/aromatic N) is 1. The van der Waals surface area contributed by atoms with E-state index in [9.17, 15) is 4.79 Å². The monoisotopic (exact) mass is 801 g/mol. The van der Waals surface area contributed by atoms with Gasteiger partial charge in [-0.15, -0.1) is 0 Å². The Morgan fingerprint density at radius 1 is 0.596 bits per heavy atom. The van der Waals surface area contributed by atoms with Crippen molar-refractivity contribution in [1.82, 2.24) is 10.5 Å². The van der Waals surface area contributed by atoms with Gasteiger partial charge in [-0.3, -0.25) is 4.79 Å². The van der Waals surface area contributed by atoms with E-state index in [0.717, 1.165) is 55.3 Å². The van der Waals surface area contributed by atoms with E-state index >= 15 is 0 Å². The summed E-state index contributed by atoms with van der Waals surface area (Å²) in [5.74, 6) is 4.69. The van der Waals surface area contributed by atoms with Crippen molar-refractivity contribution < 1.29 is 47.2 Å². The highest BCUT2D eigenvalue weighted by Crippen LogP contribution is 2.44. The summed E-state index contributed by atoms with van der Waals surface area (Å²) in [6, 6.07) is 20.0. The maximum atomic E-state index is 12.7. The van der Waals surface area contributed by atoms with Gasteiger partial charge in [-0.25, -0.2) is 0 Å². The molecular weight excluding hydrogens is 754 g/mol. The van der Waals surface area contributed by atoms with Gasteiger partial charge in [0.1, 0.15) is 11.9 Å². The van der Waals surface area contributed by atoms with Crippen molar-refractivity contribution in [3.63, 3.8) is 0 Å². The average molecular weight is 802 g/mol. The number of carbonyl (C=O) groups excluding carboxylic acids is 1. The minimum absolute atomic E-state index is 0.191. The second-order valence-corrected chi connectivity index (χ2v) is 13.6. The minimum Gasteiger partial charge on any atom is -0.493 e. The summed E-state index contributed by atoms with van der Waals surface area (Å²) in [7, 11) is 9.47. The lowest BCUT2D eigenvalue weighted by atomic mass is 10.1. The first-order valence-corrected chi connectivity index (χ1v) is 19.0. The van der Waals surface area contributed by atoms with Crippen LogP contribution in [0.15, 0.2) is 71.3 Å². The van der Waals surface area contributed by atoms with Gasteiger partial charge in [0.25, 0.3) is 5.91 Å². The molecule has 1 aliphatic rings. The van der Waals surface area contributed by atoms with Crippen molar-refractivity contribution in [3.8, 4) is 68.6 Å². The Morgan fingerprint density at radius 3 is 1.82 bits per heavy atom. The van der Waals surface area contributed by atoms with Crippen LogP contribution in [0.25, 0.3) is 22.6 Å². The van der Waals surface area contributed by atoms with Crippen LogP contribution in [0, 0.1) is 0 Å². The molecule has 2 heterocycles. The Kier molecular flexibility index (Phi) is 13.8. The molecule has 5 aromatic rings. The summed E-state index contributed by atoms with van der Waals surface area (Å²) >= 11 is 6.07. The number of ether oxygens (including phenoxy) is 8. The molecule has 1 aliphatic heterocycles. The number of fused-ring (bicyclic) bond motifs is 1. The molecule has 1 aromatic heterocycles. The molecule has 1 atom stereocenters. The molecular formula is C43H48ClN3O10. The fourth-order valence-corrected chi connectivity index (χ4v) is 6.76. The lowest BCUT2D eigenvalue weighted by molar-refractivity contribution is 0.0935. The molecule has 1 amide bonds. The van der Waals surface area contributed by atoms with Gasteiger partial charge in [0.2, 0.25) is 11.5 Å². The number of carbonyl (C=O) groups is 1. The molecule has 13 nitrogen and oxygen atoms in total. The van der Waals surface area contributed by atoms with Crippen LogP contribution in [-0.2, 0) is 0 Å². The summed E-state index contributed by atoms with van der Waals surface area (Å²) in [5, 5.41) is 11.1. The first-order chi connectivity index (χ1) is 27.8. The fourth-order valence-electron chi connectivity index (χ4n) is 6.59. The van der Waals surface area contributed by atoms with Crippen LogP contribution in [0.2, 0.25) is 5.02 Å². The average Bonchev–Trinajstić information content (AvgIpc) is 3.74. The zero-order valence-electron chi connectivity index (χ0n) is 33.0. The van der Waals surface area contributed by atoms with Crippen LogP contribution in [0.3, 0.4) is 0 Å². The third-order valence-electron chi connectivity index (χ3n) is 9.58. The maximum Gasteiger partial charge on any atom is 0.255 e. The van der Waals surface area contributed by atoms with E-state index in [2.05, 4.69) is 15.8 Å². The number of aromatic nitrogens is 1. The van der Waals surface area contributed by atoms with Gasteiger partial charge in [0.05, 0.1) is 61.4 Å². The van der Waals surface area contributed by atoms with Gasteiger partial charge < -0.3 is 53.1 Å². The van der Waals surface area contributed by atoms with E-state index in [1.165, 1.54) is 0 Å². The van der Waals surface area contributed by atoms with E-state index in [0.29, 0.717) is 86.8 Å². The van der Waals surface area contributed by atoms with Crippen LogP contribution in [-0.4, -0.2) is 66.9 Å². The van der Waals surface area contributed by atoms with Crippen molar-refractivity contribution in [2.45, 2.75) is 44.7 Å². The van der Waals surface area contributed by atoms with E-state index in [-0.39, 0.29) is 5.91 Å². The van der Waals surface area contributed by atoms with E-state index in [1.807, 2.05) is 36.4 Å². The van der Waals surface area contributed by atoms with Crippen molar-refractivity contribution in [2.24, 2.45) is 0 Å². The number of hydrogen-bond donors (Lipinski definition) is 2. The van der Waals surface area contributed by atoms with Gasteiger partial charge in [0, 0.05) is 27.9 Å². The van der Waals surface area contributed by atoms with Crippen molar-refractivity contribution in [1.29, 1.82) is 0 Å². The smallest absolute Gasteiger partial charge is 0.255 e. The highest BCUT2D eigenvalue weighted by Gasteiger charge is 2.26. The topological polar surface area (TPSA) is 141 Å². The minimum atomic E-state index is -0.410. The summed E-state index contributed by atoms with van der Waals surface area (Å²) < 4.78 is 51.4. The Balaban J connectivity index is 0.939. The number of anilines is 1. The highest BCUT2D eigenvalue weighted by molar-refractivity contribution is 6.31. The normalized spacial score (nSPS) is 13.2. The molecule has 0 saturated carbocycles. The van der Waals surface area contributed by atoms with Crippen LogP contribution in [0.5, 0.6) is 46.0 Å². The standard InChI is InChI=1S/C43H48ClN3O10/c1-49-35-19-26(42-45-31-15-14-29(44)24-30(31)43(48)46-42)13-16-33(35)55-17-11-9-7-8-10-12-18-56-41-38(52-4)20-27(21-39(41)53-5)32-25-34(57-47-32)28-22-36(50-2)40(54-6)37(23-28)51-3/h13-16,19-25,42,45H,7-12,17-18H2,1-6H3,(H,46,48). The molecule has 0 radical (unpaired) electrons. The van der Waals surface area contributed by atoms with Crippen LogP contribution in [0.4, 0.5) is 5.69 Å². The molecule has 0 saturated heterocycles. The SMILES string of the molecule is COc1cc(C2NC(=O)c3cc(Cl)ccc3N2)ccc1OCCCCCCCCOc1c(OC)cc(-c2cc(-c3cc(OC)c(OC)c(OC)c3)on2)cc1OC. The van der Waals surface area contributed by atoms with Crippen LogP contribution in [0.1, 0.15) is 60.6 Å². The molecule has 0 aliphatic carbocycles. The molecule has 0 fully saturated rings. The van der Waals surface area contributed by atoms with Crippen molar-refractivity contribution >= 4 is 23.2 Å². The van der Waals surface area contributed by atoms with Gasteiger partial charge in [-0.05, 0) is 73.0 Å². The predicted molar refractivity (Wildman–Crippen MR) is 217 cm³/mol. The molecule has 6 rings (SSSR count). The first-order valence-electron chi connectivity index (χ1n) is 18.6. The Morgan fingerprint density at radius 2 is 1.19 bits per heavy atom. The third-order valence-corrected chi connectivity index (χ3v) is 9.82. The Hall–Kier alpha value is -5.95. The molecule has 1 unspecified atom stereocenters. The number of rotatable bonds is 20. The number of amides is 1. The molecule has 14 heteroatoms. The molecule has 302 valence electrons. The Labute approximate surface area is 337 Å².